The van der Waals surface area contributed by atoms with Gasteiger partial charge >= 0.3 is 0 Å². The highest BCUT2D eigenvalue weighted by Crippen LogP contribution is 2.33. The molecule has 3 rings (SSSR count). The van der Waals surface area contributed by atoms with Crippen molar-refractivity contribution in [2.45, 2.75) is 13.3 Å². The quantitative estimate of drug-likeness (QED) is 0.695. The maximum atomic E-state index is 11.8. The predicted octanol–water partition coefficient (Wildman–Crippen LogP) is 2.85. The van der Waals surface area contributed by atoms with E-state index in [1.165, 1.54) is 0 Å². The van der Waals surface area contributed by atoms with Gasteiger partial charge in [-0.15, -0.1) is 0 Å². The molecule has 74 valence electrons. The Morgan fingerprint density at radius 2 is 2.13 bits per heavy atom. The molecule has 0 spiro atoms. The van der Waals surface area contributed by atoms with Crippen LogP contribution in [-0.2, 0) is 0 Å². The molecule has 1 aliphatic rings. The van der Waals surface area contributed by atoms with Gasteiger partial charge in [0.05, 0.1) is 12.1 Å². The average molecular weight is 198 g/mol. The van der Waals surface area contributed by atoms with Crippen molar-refractivity contribution in [3.05, 3.63) is 30.0 Å². The van der Waals surface area contributed by atoms with E-state index < -0.39 is 0 Å². The number of aromatic amines is 1. The number of Topliss-reactive ketones (excluding diaryl/α,β-unsaturated/α-hetero) is 1. The molecule has 15 heavy (non-hydrogen) atoms. The van der Waals surface area contributed by atoms with Crippen LogP contribution in [0.1, 0.15) is 23.8 Å². The first-order valence-electron chi connectivity index (χ1n) is 4.94. The Morgan fingerprint density at radius 1 is 1.33 bits per heavy atom. The molecular formula is C12H10N2O. The third-order valence-electron chi connectivity index (χ3n) is 2.68. The molecule has 0 atom stereocenters. The van der Waals surface area contributed by atoms with E-state index in [9.17, 15) is 4.79 Å². The molecule has 0 saturated heterocycles. The second-order valence-corrected chi connectivity index (χ2v) is 3.84. The monoisotopic (exact) mass is 198 g/mol. The minimum atomic E-state index is 0.133. The largest absolute Gasteiger partial charge is 0.350 e. The van der Waals surface area contributed by atoms with E-state index in [0.29, 0.717) is 12.1 Å². The van der Waals surface area contributed by atoms with Crippen molar-refractivity contribution in [2.24, 2.45) is 4.99 Å². The SMILES string of the molecule is CC1=Nc2c([nH]c3ccccc23)C(=O)C1. The van der Waals surface area contributed by atoms with Crippen molar-refractivity contribution in [1.29, 1.82) is 0 Å². The topological polar surface area (TPSA) is 45.2 Å². The van der Waals surface area contributed by atoms with Gasteiger partial charge in [-0.05, 0) is 13.0 Å². The number of para-hydroxylation sites is 1. The molecule has 3 heteroatoms. The minimum absolute atomic E-state index is 0.133. The van der Waals surface area contributed by atoms with E-state index in [1.54, 1.807) is 0 Å². The number of H-pyrrole nitrogens is 1. The first-order chi connectivity index (χ1) is 7.25. The Balaban J connectivity index is 2.42. The normalized spacial score (nSPS) is 15.3. The lowest BCUT2D eigenvalue weighted by Crippen LogP contribution is -2.09. The van der Waals surface area contributed by atoms with E-state index in [4.69, 9.17) is 0 Å². The molecule has 2 heterocycles. The molecule has 1 aromatic carbocycles. The first kappa shape index (κ1) is 8.41. The average Bonchev–Trinajstić information content (AvgIpc) is 2.57. The number of carbonyl (C=O) groups is 1. The molecule has 0 aliphatic carbocycles. The Morgan fingerprint density at radius 3 is 3.00 bits per heavy atom. The van der Waals surface area contributed by atoms with Crippen LogP contribution in [0.5, 0.6) is 0 Å². The molecule has 3 nitrogen and oxygen atoms in total. The number of aromatic nitrogens is 1. The summed E-state index contributed by atoms with van der Waals surface area (Å²) >= 11 is 0. The first-order valence-corrected chi connectivity index (χ1v) is 4.94. The summed E-state index contributed by atoms with van der Waals surface area (Å²) in [5, 5.41) is 1.03. The van der Waals surface area contributed by atoms with Crippen LogP contribution in [-0.4, -0.2) is 16.5 Å². The van der Waals surface area contributed by atoms with Crippen molar-refractivity contribution < 1.29 is 4.79 Å². The number of carbonyl (C=O) groups excluding carboxylic acids is 1. The van der Waals surface area contributed by atoms with E-state index in [1.807, 2.05) is 31.2 Å². The maximum absolute atomic E-state index is 11.8. The number of nitrogens with one attached hydrogen (secondary N) is 1. The molecular weight excluding hydrogens is 188 g/mol. The van der Waals surface area contributed by atoms with Crippen LogP contribution in [0.3, 0.4) is 0 Å². The van der Waals surface area contributed by atoms with Gasteiger partial charge in [0, 0.05) is 16.6 Å². The fourth-order valence-corrected chi connectivity index (χ4v) is 2.00. The number of benzene rings is 1. The van der Waals surface area contributed by atoms with Gasteiger partial charge in [0.1, 0.15) is 5.69 Å². The van der Waals surface area contributed by atoms with Crippen LogP contribution in [0.2, 0.25) is 0 Å². The lowest BCUT2D eigenvalue weighted by molar-refractivity contribution is 0.0996. The van der Waals surface area contributed by atoms with E-state index in [2.05, 4.69) is 9.98 Å². The van der Waals surface area contributed by atoms with Gasteiger partial charge in [0.15, 0.2) is 5.78 Å². The van der Waals surface area contributed by atoms with Gasteiger partial charge in [-0.1, -0.05) is 18.2 Å². The van der Waals surface area contributed by atoms with Crippen molar-refractivity contribution in [2.75, 3.05) is 0 Å². The Hall–Kier alpha value is -1.90. The lowest BCUT2D eigenvalue weighted by Gasteiger charge is -2.07. The lowest BCUT2D eigenvalue weighted by atomic mass is 10.1. The highest BCUT2D eigenvalue weighted by molar-refractivity contribution is 6.18. The second kappa shape index (κ2) is 2.79. The predicted molar refractivity (Wildman–Crippen MR) is 60.0 cm³/mol. The van der Waals surface area contributed by atoms with Gasteiger partial charge in [-0.2, -0.15) is 0 Å². The zero-order chi connectivity index (χ0) is 10.4. The van der Waals surface area contributed by atoms with Gasteiger partial charge in [0.2, 0.25) is 0 Å². The molecule has 0 radical (unpaired) electrons. The summed E-state index contributed by atoms with van der Waals surface area (Å²) in [6.07, 6.45) is 0.430. The Kier molecular flexibility index (Phi) is 1.57. The smallest absolute Gasteiger partial charge is 0.186 e. The fourth-order valence-electron chi connectivity index (χ4n) is 2.00. The van der Waals surface area contributed by atoms with E-state index in [0.717, 1.165) is 22.3 Å². The number of aliphatic imine (C=N–C) groups is 1. The highest BCUT2D eigenvalue weighted by Gasteiger charge is 2.21. The minimum Gasteiger partial charge on any atom is -0.350 e. The van der Waals surface area contributed by atoms with Crippen LogP contribution in [0, 0.1) is 0 Å². The van der Waals surface area contributed by atoms with Crippen molar-refractivity contribution in [3.63, 3.8) is 0 Å². The molecule has 1 aliphatic heterocycles. The molecule has 2 aromatic rings. The van der Waals surface area contributed by atoms with Crippen LogP contribution in [0.4, 0.5) is 5.69 Å². The standard InChI is InChI=1S/C12H10N2O/c1-7-6-10(15)12-11(13-7)8-4-2-3-5-9(8)14-12/h2-5,14H,6H2,1H3. The van der Waals surface area contributed by atoms with E-state index >= 15 is 0 Å². The summed E-state index contributed by atoms with van der Waals surface area (Å²) in [6, 6.07) is 7.86. The Bertz CT molecular complexity index is 593. The number of rotatable bonds is 0. The van der Waals surface area contributed by atoms with Crippen LogP contribution in [0.25, 0.3) is 10.9 Å². The zero-order valence-corrected chi connectivity index (χ0v) is 8.37. The third kappa shape index (κ3) is 1.13. The molecule has 0 unspecified atom stereocenters. The van der Waals surface area contributed by atoms with Crippen molar-refractivity contribution in [1.82, 2.24) is 4.98 Å². The van der Waals surface area contributed by atoms with Crippen LogP contribution in [0.15, 0.2) is 29.3 Å². The third-order valence-corrected chi connectivity index (χ3v) is 2.68. The van der Waals surface area contributed by atoms with Gasteiger partial charge in [-0.25, -0.2) is 0 Å². The maximum Gasteiger partial charge on any atom is 0.186 e. The summed E-state index contributed by atoms with van der Waals surface area (Å²) in [5.74, 6) is 0.133. The molecule has 0 amide bonds. The highest BCUT2D eigenvalue weighted by atomic mass is 16.1. The molecule has 1 N–H and O–H groups in total. The van der Waals surface area contributed by atoms with Gasteiger partial charge in [0.25, 0.3) is 0 Å². The second-order valence-electron chi connectivity index (χ2n) is 3.84. The summed E-state index contributed by atoms with van der Waals surface area (Å²) in [5.41, 5.74) is 3.33. The zero-order valence-electron chi connectivity index (χ0n) is 8.37. The van der Waals surface area contributed by atoms with Gasteiger partial charge in [-0.3, -0.25) is 9.79 Å². The summed E-state index contributed by atoms with van der Waals surface area (Å²) < 4.78 is 0. The number of ketones is 1. The summed E-state index contributed by atoms with van der Waals surface area (Å²) in [7, 11) is 0. The molecule has 0 saturated carbocycles. The summed E-state index contributed by atoms with van der Waals surface area (Å²) in [4.78, 5) is 19.3. The van der Waals surface area contributed by atoms with Crippen LogP contribution >= 0.6 is 0 Å². The molecule has 0 bridgehead atoms. The summed E-state index contributed by atoms with van der Waals surface area (Å²) in [6.45, 7) is 1.89. The number of hydrogen-bond acceptors (Lipinski definition) is 2. The number of hydrogen-bond donors (Lipinski definition) is 1. The molecule has 0 fully saturated rings. The fraction of sp³-hybridized carbons (Fsp3) is 0.167. The van der Waals surface area contributed by atoms with Crippen LogP contribution < -0.4 is 0 Å². The van der Waals surface area contributed by atoms with Gasteiger partial charge < -0.3 is 4.98 Å². The van der Waals surface area contributed by atoms with Crippen molar-refractivity contribution in [3.8, 4) is 0 Å². The Labute approximate surface area is 86.8 Å². The molecule has 1 aromatic heterocycles. The number of nitrogens with zero attached hydrogens (tertiary/aromatic N) is 1. The van der Waals surface area contributed by atoms with E-state index in [-0.39, 0.29) is 5.78 Å². The van der Waals surface area contributed by atoms with Crippen molar-refractivity contribution >= 4 is 28.1 Å². The number of fused-ring (bicyclic) bond motifs is 3.